The predicted molar refractivity (Wildman–Crippen MR) is 117 cm³/mol. The Kier molecular flexibility index (Phi) is 4.43. The van der Waals surface area contributed by atoms with Crippen LogP contribution >= 0.6 is 0 Å². The summed E-state index contributed by atoms with van der Waals surface area (Å²) in [6, 6.07) is 12.1. The van der Waals surface area contributed by atoms with Gasteiger partial charge in [0.05, 0.1) is 19.6 Å². The molecule has 0 unspecified atom stereocenters. The molecule has 2 N–H and O–H groups in total. The van der Waals surface area contributed by atoms with Crippen molar-refractivity contribution in [1.29, 1.82) is 0 Å². The summed E-state index contributed by atoms with van der Waals surface area (Å²) in [5.74, 6) is 3.46. The van der Waals surface area contributed by atoms with E-state index in [0.29, 0.717) is 30.6 Å². The lowest BCUT2D eigenvalue weighted by Gasteiger charge is -2.47. The summed E-state index contributed by atoms with van der Waals surface area (Å²) in [6.07, 6.45) is 8.25. The molecule has 3 aliphatic rings. The lowest BCUT2D eigenvalue weighted by Crippen LogP contribution is -2.63. The maximum absolute atomic E-state index is 10.7. The molecule has 2 aromatic rings. The quantitative estimate of drug-likeness (QED) is 0.823. The van der Waals surface area contributed by atoms with Gasteiger partial charge in [0.15, 0.2) is 5.82 Å². The van der Waals surface area contributed by atoms with Gasteiger partial charge < -0.3 is 15.3 Å². The number of hydrogen-bond acceptors (Lipinski definition) is 6. The third-order valence-corrected chi connectivity index (χ3v) is 5.68. The van der Waals surface area contributed by atoms with Crippen molar-refractivity contribution in [2.45, 2.75) is 25.4 Å². The van der Waals surface area contributed by atoms with Crippen molar-refractivity contribution in [2.75, 3.05) is 29.9 Å². The number of aliphatic hydroxyl groups is 1. The highest BCUT2D eigenvalue weighted by molar-refractivity contribution is 6.05. The second-order valence-corrected chi connectivity index (χ2v) is 8.26. The van der Waals surface area contributed by atoms with Crippen molar-refractivity contribution in [1.82, 2.24) is 9.97 Å². The van der Waals surface area contributed by atoms with Crippen molar-refractivity contribution in [3.63, 3.8) is 0 Å². The van der Waals surface area contributed by atoms with Crippen LogP contribution < -0.4 is 10.2 Å². The number of aliphatic imine (C=N–C) groups is 1. The number of rotatable bonds is 5. The summed E-state index contributed by atoms with van der Waals surface area (Å²) >= 11 is 0. The molecule has 29 heavy (non-hydrogen) atoms. The van der Waals surface area contributed by atoms with Crippen molar-refractivity contribution >= 4 is 29.6 Å². The van der Waals surface area contributed by atoms with Crippen molar-refractivity contribution in [3.8, 4) is 0 Å². The Balaban J connectivity index is 1.40. The highest BCUT2D eigenvalue weighted by atomic mass is 16.3. The van der Waals surface area contributed by atoms with Crippen LogP contribution in [0.4, 0.5) is 11.6 Å². The molecule has 0 radical (unpaired) electrons. The molecule has 2 aliphatic heterocycles. The van der Waals surface area contributed by atoms with E-state index < -0.39 is 5.60 Å². The number of aromatic nitrogens is 2. The molecule has 6 nitrogen and oxygen atoms in total. The van der Waals surface area contributed by atoms with E-state index >= 15 is 0 Å². The molecule has 148 valence electrons. The fourth-order valence-electron chi connectivity index (χ4n) is 3.89. The summed E-state index contributed by atoms with van der Waals surface area (Å²) in [6.45, 7) is 4.06. The average molecular weight is 387 g/mol. The smallest absolute Gasteiger partial charge is 0.156 e. The predicted octanol–water partition coefficient (Wildman–Crippen LogP) is 3.38. The Morgan fingerprint density at radius 1 is 1.14 bits per heavy atom. The minimum Gasteiger partial charge on any atom is -0.386 e. The lowest BCUT2D eigenvalue weighted by atomic mass is 9.89. The zero-order valence-electron chi connectivity index (χ0n) is 16.5. The van der Waals surface area contributed by atoms with E-state index in [1.165, 1.54) is 5.57 Å². The molecule has 1 saturated carbocycles. The molecular formula is C23H25N5O. The van der Waals surface area contributed by atoms with Gasteiger partial charge in [0.2, 0.25) is 0 Å². The van der Waals surface area contributed by atoms with E-state index in [1.54, 1.807) is 0 Å². The number of β-amino-alcohol motifs (C(OH)–C–C–N with tert-alkyl or cyclic N) is 1. The molecule has 6 heteroatoms. The molecule has 0 spiro atoms. The SMILES string of the molecule is CC1=CC(Nc2cc(N3CC(O)(C4CC4)C3)nc(/C=C/c3ccccc3)n2)=NC1. The Labute approximate surface area is 170 Å². The van der Waals surface area contributed by atoms with Crippen LogP contribution in [0.2, 0.25) is 0 Å². The van der Waals surface area contributed by atoms with Crippen LogP contribution in [0, 0.1) is 5.92 Å². The molecule has 0 atom stereocenters. The van der Waals surface area contributed by atoms with E-state index in [2.05, 4.69) is 27.1 Å². The van der Waals surface area contributed by atoms with Gasteiger partial charge in [-0.25, -0.2) is 9.97 Å². The zero-order valence-corrected chi connectivity index (χ0v) is 16.5. The average Bonchev–Trinajstić information content (AvgIpc) is 3.48. The Morgan fingerprint density at radius 2 is 1.93 bits per heavy atom. The zero-order chi connectivity index (χ0) is 19.8. The minimum absolute atomic E-state index is 0.455. The minimum atomic E-state index is -0.548. The normalized spacial score (nSPS) is 20.4. The molecule has 1 aromatic carbocycles. The summed E-state index contributed by atoms with van der Waals surface area (Å²) in [5.41, 5.74) is 1.78. The third-order valence-electron chi connectivity index (χ3n) is 5.68. The van der Waals surface area contributed by atoms with Gasteiger partial charge in [-0.2, -0.15) is 0 Å². The van der Waals surface area contributed by atoms with E-state index in [4.69, 9.17) is 4.98 Å². The van der Waals surface area contributed by atoms with Gasteiger partial charge in [-0.1, -0.05) is 36.4 Å². The summed E-state index contributed by atoms with van der Waals surface area (Å²) in [7, 11) is 0. The van der Waals surface area contributed by atoms with Crippen LogP contribution in [0.5, 0.6) is 0 Å². The maximum Gasteiger partial charge on any atom is 0.156 e. The van der Waals surface area contributed by atoms with Gasteiger partial charge in [-0.15, -0.1) is 0 Å². The number of benzene rings is 1. The van der Waals surface area contributed by atoms with E-state index in [0.717, 1.165) is 36.6 Å². The van der Waals surface area contributed by atoms with Crippen LogP contribution in [0.1, 0.15) is 31.2 Å². The van der Waals surface area contributed by atoms with Crippen molar-refractivity contribution < 1.29 is 5.11 Å². The van der Waals surface area contributed by atoms with E-state index in [1.807, 2.05) is 54.6 Å². The summed E-state index contributed by atoms with van der Waals surface area (Å²) in [4.78, 5) is 16.0. The molecule has 1 saturated heterocycles. The fraction of sp³-hybridized carbons (Fsp3) is 0.348. The monoisotopic (exact) mass is 387 g/mol. The number of hydrogen-bond donors (Lipinski definition) is 2. The Hall–Kier alpha value is -2.99. The largest absolute Gasteiger partial charge is 0.386 e. The second-order valence-electron chi connectivity index (χ2n) is 8.26. The summed E-state index contributed by atoms with van der Waals surface area (Å²) < 4.78 is 0. The highest BCUT2D eigenvalue weighted by Gasteiger charge is 2.52. The number of nitrogens with zero attached hydrogens (tertiary/aromatic N) is 4. The highest BCUT2D eigenvalue weighted by Crippen LogP contribution is 2.45. The van der Waals surface area contributed by atoms with Gasteiger partial charge in [0, 0.05) is 6.07 Å². The molecule has 2 fully saturated rings. The van der Waals surface area contributed by atoms with Gasteiger partial charge in [0.25, 0.3) is 0 Å². The van der Waals surface area contributed by atoms with Crippen LogP contribution in [0.15, 0.2) is 53.0 Å². The molecule has 0 bridgehead atoms. The molecular weight excluding hydrogens is 362 g/mol. The number of nitrogens with one attached hydrogen (secondary N) is 1. The van der Waals surface area contributed by atoms with Crippen LogP contribution in [-0.4, -0.2) is 46.1 Å². The van der Waals surface area contributed by atoms with Crippen molar-refractivity contribution in [2.24, 2.45) is 10.9 Å². The first-order valence-electron chi connectivity index (χ1n) is 10.2. The number of amidine groups is 1. The van der Waals surface area contributed by atoms with E-state index in [-0.39, 0.29) is 0 Å². The first-order valence-corrected chi connectivity index (χ1v) is 10.2. The molecule has 1 aliphatic carbocycles. The first-order chi connectivity index (χ1) is 14.1. The van der Waals surface area contributed by atoms with Crippen LogP contribution in [0.25, 0.3) is 12.2 Å². The van der Waals surface area contributed by atoms with Crippen molar-refractivity contribution in [3.05, 3.63) is 59.4 Å². The van der Waals surface area contributed by atoms with Crippen LogP contribution in [-0.2, 0) is 0 Å². The summed E-state index contributed by atoms with van der Waals surface area (Å²) in [5, 5.41) is 14.0. The Bertz CT molecular complexity index is 1000. The van der Waals surface area contributed by atoms with Gasteiger partial charge >= 0.3 is 0 Å². The van der Waals surface area contributed by atoms with Gasteiger partial charge in [-0.3, -0.25) is 4.99 Å². The standard InChI is InChI=1S/C23H25N5O/c1-16-11-20(24-13-16)26-21-12-22(28-14-23(29,15-28)18-8-9-18)27-19(25-21)10-7-17-5-3-2-4-6-17/h2-7,10-12,18,29H,8-9,13-15H2,1H3,(H,24,25,26,27)/b10-7+. The van der Waals surface area contributed by atoms with Gasteiger partial charge in [-0.05, 0) is 49.0 Å². The maximum atomic E-state index is 10.7. The van der Waals surface area contributed by atoms with E-state index in [9.17, 15) is 5.11 Å². The lowest BCUT2D eigenvalue weighted by molar-refractivity contribution is -0.00975. The molecule has 0 amide bonds. The topological polar surface area (TPSA) is 73.6 Å². The molecule has 3 heterocycles. The fourth-order valence-corrected chi connectivity index (χ4v) is 3.89. The van der Waals surface area contributed by atoms with Gasteiger partial charge in [0.1, 0.15) is 23.1 Å². The Morgan fingerprint density at radius 3 is 2.62 bits per heavy atom. The first kappa shape index (κ1) is 18.1. The second kappa shape index (κ2) is 7.12. The third kappa shape index (κ3) is 3.93. The molecule has 1 aromatic heterocycles. The number of anilines is 2. The van der Waals surface area contributed by atoms with Crippen LogP contribution in [0.3, 0.4) is 0 Å². The molecule has 5 rings (SSSR count).